The van der Waals surface area contributed by atoms with Gasteiger partial charge < -0.3 is 4.42 Å². The highest BCUT2D eigenvalue weighted by Gasteiger charge is 2.23. The first-order chi connectivity index (χ1) is 25.7. The maximum Gasteiger partial charge on any atom is 0.165 e. The fourth-order valence-corrected chi connectivity index (χ4v) is 8.73. The average Bonchev–Trinajstić information content (AvgIpc) is 3.77. The molecule has 11 aromatic rings. The summed E-state index contributed by atoms with van der Waals surface area (Å²) in [6, 6.07) is 57.4. The molecule has 3 heterocycles. The lowest BCUT2D eigenvalue weighted by molar-refractivity contribution is 0.669. The molecule has 0 bridgehead atoms. The lowest BCUT2D eigenvalue weighted by atomic mass is 9.93. The topological polar surface area (TPSA) is 51.8 Å². The maximum atomic E-state index is 6.63. The van der Waals surface area contributed by atoms with Crippen LogP contribution in [0, 0.1) is 0 Å². The Morgan fingerprint density at radius 2 is 1.04 bits per heavy atom. The van der Waals surface area contributed by atoms with Gasteiger partial charge in [0.2, 0.25) is 0 Å². The summed E-state index contributed by atoms with van der Waals surface area (Å²) in [7, 11) is 0. The van der Waals surface area contributed by atoms with Crippen LogP contribution in [0.5, 0.6) is 0 Å². The molecule has 0 aliphatic heterocycles. The average molecular weight is 682 g/mol. The van der Waals surface area contributed by atoms with Crippen LogP contribution in [0.1, 0.15) is 0 Å². The van der Waals surface area contributed by atoms with Gasteiger partial charge in [0.05, 0.1) is 0 Å². The zero-order chi connectivity index (χ0) is 34.2. The molecule has 8 aromatic carbocycles. The van der Waals surface area contributed by atoms with Crippen molar-refractivity contribution in [3.63, 3.8) is 0 Å². The molecule has 0 amide bonds. The quantitative estimate of drug-likeness (QED) is 0.185. The summed E-state index contributed by atoms with van der Waals surface area (Å²) >= 11 is 1.82. The Kier molecular flexibility index (Phi) is 6.39. The predicted molar refractivity (Wildman–Crippen MR) is 217 cm³/mol. The summed E-state index contributed by atoms with van der Waals surface area (Å²) in [5, 5.41) is 9.15. The zero-order valence-corrected chi connectivity index (χ0v) is 28.6. The van der Waals surface area contributed by atoms with Crippen LogP contribution < -0.4 is 0 Å². The van der Waals surface area contributed by atoms with Crippen LogP contribution >= 0.6 is 11.3 Å². The first-order valence-electron chi connectivity index (χ1n) is 17.3. The zero-order valence-electron chi connectivity index (χ0n) is 27.7. The summed E-state index contributed by atoms with van der Waals surface area (Å²) in [4.78, 5) is 15.7. The van der Waals surface area contributed by atoms with Gasteiger partial charge in [0.1, 0.15) is 11.2 Å². The number of thiophene rings is 1. The predicted octanol–water partition coefficient (Wildman–Crippen LogP) is 13.1. The fourth-order valence-electron chi connectivity index (χ4n) is 7.58. The van der Waals surface area contributed by atoms with Crippen LogP contribution in [0.2, 0.25) is 0 Å². The Hall–Kier alpha value is -6.69. The Balaban J connectivity index is 1.24. The van der Waals surface area contributed by atoms with Crippen molar-refractivity contribution in [2.24, 2.45) is 0 Å². The smallest absolute Gasteiger partial charge is 0.165 e. The van der Waals surface area contributed by atoms with Crippen molar-refractivity contribution in [3.8, 4) is 45.3 Å². The van der Waals surface area contributed by atoms with Gasteiger partial charge >= 0.3 is 0 Å². The monoisotopic (exact) mass is 681 g/mol. The Labute approximate surface area is 302 Å². The van der Waals surface area contributed by atoms with Gasteiger partial charge in [-0.15, -0.1) is 11.3 Å². The molecule has 0 atom stereocenters. The van der Waals surface area contributed by atoms with Gasteiger partial charge in [-0.3, -0.25) is 0 Å². The highest BCUT2D eigenvalue weighted by atomic mass is 32.1. The molecule has 0 spiro atoms. The van der Waals surface area contributed by atoms with Crippen LogP contribution in [-0.4, -0.2) is 15.0 Å². The summed E-state index contributed by atoms with van der Waals surface area (Å²) in [5.41, 5.74) is 6.55. The Bertz CT molecular complexity index is 3200. The number of rotatable bonds is 4. The number of benzene rings is 8. The lowest BCUT2D eigenvalue weighted by Crippen LogP contribution is -2.01. The van der Waals surface area contributed by atoms with Gasteiger partial charge in [-0.25, -0.2) is 15.0 Å². The number of fused-ring (bicyclic) bond motifs is 8. The third-order valence-electron chi connectivity index (χ3n) is 10.1. The van der Waals surface area contributed by atoms with E-state index in [9.17, 15) is 0 Å². The van der Waals surface area contributed by atoms with Gasteiger partial charge in [-0.2, -0.15) is 0 Å². The van der Waals surface area contributed by atoms with Crippen molar-refractivity contribution >= 4 is 75.0 Å². The number of nitrogens with zero attached hydrogens (tertiary/aromatic N) is 3. The molecule has 0 saturated heterocycles. The highest BCUT2D eigenvalue weighted by Crippen LogP contribution is 2.45. The number of hydrogen-bond donors (Lipinski definition) is 0. The van der Waals surface area contributed by atoms with Crippen LogP contribution in [-0.2, 0) is 0 Å². The maximum absolute atomic E-state index is 6.63. The Morgan fingerprint density at radius 1 is 0.385 bits per heavy atom. The summed E-state index contributed by atoms with van der Waals surface area (Å²) in [6.45, 7) is 0. The first-order valence-corrected chi connectivity index (χ1v) is 18.2. The third kappa shape index (κ3) is 4.64. The molecule has 5 heteroatoms. The molecular formula is C47H27N3OS. The van der Waals surface area contributed by atoms with Gasteiger partial charge in [0, 0.05) is 47.6 Å². The second-order valence-corrected chi connectivity index (χ2v) is 14.3. The molecule has 0 aliphatic rings. The van der Waals surface area contributed by atoms with Crippen LogP contribution in [0.3, 0.4) is 0 Å². The first kappa shape index (κ1) is 29.1. The summed E-state index contributed by atoms with van der Waals surface area (Å²) in [5.74, 6) is 1.84. The molecule has 4 nitrogen and oxygen atoms in total. The minimum Gasteiger partial charge on any atom is -0.456 e. The van der Waals surface area contributed by atoms with Crippen molar-refractivity contribution in [3.05, 3.63) is 164 Å². The van der Waals surface area contributed by atoms with E-state index in [0.717, 1.165) is 65.9 Å². The van der Waals surface area contributed by atoms with E-state index in [2.05, 4.69) is 146 Å². The van der Waals surface area contributed by atoms with Crippen LogP contribution in [0.4, 0.5) is 0 Å². The van der Waals surface area contributed by atoms with Crippen molar-refractivity contribution in [2.75, 3.05) is 0 Å². The summed E-state index contributed by atoms with van der Waals surface area (Å²) < 4.78 is 9.15. The normalized spacial score (nSPS) is 11.8. The van der Waals surface area contributed by atoms with E-state index in [-0.39, 0.29) is 0 Å². The molecule has 3 aromatic heterocycles. The van der Waals surface area contributed by atoms with Gasteiger partial charge in [-0.1, -0.05) is 121 Å². The molecule has 0 N–H and O–H groups in total. The van der Waals surface area contributed by atoms with E-state index in [4.69, 9.17) is 19.4 Å². The minimum atomic E-state index is 0.602. The molecule has 242 valence electrons. The molecule has 0 aliphatic carbocycles. The van der Waals surface area contributed by atoms with E-state index in [1.54, 1.807) is 0 Å². The second-order valence-electron chi connectivity index (χ2n) is 13.2. The number of aromatic nitrogens is 3. The van der Waals surface area contributed by atoms with Crippen LogP contribution in [0.15, 0.2) is 168 Å². The molecule has 11 rings (SSSR count). The van der Waals surface area contributed by atoms with Crippen LogP contribution in [0.25, 0.3) is 109 Å². The highest BCUT2D eigenvalue weighted by molar-refractivity contribution is 7.25. The van der Waals surface area contributed by atoms with Crippen molar-refractivity contribution in [1.82, 2.24) is 15.0 Å². The molecular weight excluding hydrogens is 655 g/mol. The van der Waals surface area contributed by atoms with E-state index in [1.807, 2.05) is 29.5 Å². The summed E-state index contributed by atoms with van der Waals surface area (Å²) in [6.07, 6.45) is 0. The molecule has 0 fully saturated rings. The molecule has 0 saturated carbocycles. The van der Waals surface area contributed by atoms with Gasteiger partial charge in [0.25, 0.3) is 0 Å². The van der Waals surface area contributed by atoms with Gasteiger partial charge in [0.15, 0.2) is 17.5 Å². The van der Waals surface area contributed by atoms with Crippen molar-refractivity contribution in [2.45, 2.75) is 0 Å². The van der Waals surface area contributed by atoms with E-state index < -0.39 is 0 Å². The number of furan rings is 1. The fraction of sp³-hybridized carbons (Fsp3) is 0. The Morgan fingerprint density at radius 3 is 1.88 bits per heavy atom. The standard InChI is InChI=1S/C47H27N3OS/c1-2-11-29(12-3-1)45-48-46(34-19-18-28-10-4-5-13-30(28)24-34)50-47(49-45)44-35(33-20-21-37-36-16-8-9-17-41(36)52-42(37)27-33)22-23-39-43(44)38-25-31-14-6-7-15-32(31)26-40(38)51-39/h1-27H. The van der Waals surface area contributed by atoms with Crippen molar-refractivity contribution < 1.29 is 4.42 Å². The third-order valence-corrected chi connectivity index (χ3v) is 11.2. The molecule has 0 radical (unpaired) electrons. The van der Waals surface area contributed by atoms with E-state index in [0.29, 0.717) is 17.5 Å². The number of hydrogen-bond acceptors (Lipinski definition) is 5. The lowest BCUT2D eigenvalue weighted by Gasteiger charge is -2.14. The molecule has 52 heavy (non-hydrogen) atoms. The SMILES string of the molecule is c1ccc(-c2nc(-c3ccc4ccccc4c3)nc(-c3c(-c4ccc5c(c4)sc4ccccc45)ccc4oc5cc6ccccc6cc5c34)n2)cc1. The molecule has 0 unspecified atom stereocenters. The largest absolute Gasteiger partial charge is 0.456 e. The van der Waals surface area contributed by atoms with E-state index in [1.165, 1.54) is 25.6 Å². The van der Waals surface area contributed by atoms with Crippen molar-refractivity contribution in [1.29, 1.82) is 0 Å². The second kappa shape index (κ2) is 11.4. The van der Waals surface area contributed by atoms with Gasteiger partial charge in [-0.05, 0) is 75.1 Å². The van der Waals surface area contributed by atoms with E-state index >= 15 is 0 Å². The minimum absolute atomic E-state index is 0.602.